The van der Waals surface area contributed by atoms with Crippen molar-refractivity contribution in [3.8, 4) is 0 Å². The molecule has 3 saturated carbocycles. The van der Waals surface area contributed by atoms with Crippen LogP contribution in [0.5, 0.6) is 0 Å². The van der Waals surface area contributed by atoms with E-state index in [1.165, 1.54) is 57.8 Å². The molecule has 0 aromatic carbocycles. The molecule has 3 aliphatic rings. The van der Waals surface area contributed by atoms with Crippen molar-refractivity contribution in [1.82, 2.24) is 0 Å². The van der Waals surface area contributed by atoms with Gasteiger partial charge >= 0.3 is 5.97 Å². The lowest BCUT2D eigenvalue weighted by Gasteiger charge is -2.62. The lowest BCUT2D eigenvalue weighted by molar-refractivity contribution is -0.160. The number of fused-ring (bicyclic) bond motifs is 2. The summed E-state index contributed by atoms with van der Waals surface area (Å²) >= 11 is 0. The standard InChI is InChI=1S/C33H61NO6/c1-8-9-10-11-12-13-14-15-16-17-18-19-20-26(39-23-38-7)30(35)29(31(36)40-24(2)3)34-28-22-25-21-27(32(25,4)5)33(28,6)37/h24-27,29-30,35,37H,8-23H2,1-7H3/t25-,26-,27-,29-,30-,33-/m1/s1. The average molecular weight is 568 g/mol. The Kier molecular flexibility index (Phi) is 15.1. The molecule has 0 aliphatic heterocycles. The smallest absolute Gasteiger partial charge is 0.333 e. The molecule has 0 radical (unpaired) electrons. The van der Waals surface area contributed by atoms with E-state index < -0.39 is 29.8 Å². The molecule has 3 aliphatic carbocycles. The highest BCUT2D eigenvalue weighted by Crippen LogP contribution is 2.61. The van der Waals surface area contributed by atoms with Gasteiger partial charge in [0.25, 0.3) is 0 Å². The van der Waals surface area contributed by atoms with Gasteiger partial charge in [-0.3, -0.25) is 4.99 Å². The van der Waals surface area contributed by atoms with Crippen LogP contribution in [0.3, 0.4) is 0 Å². The van der Waals surface area contributed by atoms with Gasteiger partial charge in [-0.1, -0.05) is 97.8 Å². The molecular weight excluding hydrogens is 506 g/mol. The van der Waals surface area contributed by atoms with Crippen LogP contribution >= 0.6 is 0 Å². The Balaban J connectivity index is 1.96. The Morgan fingerprint density at radius 1 is 0.975 bits per heavy atom. The van der Waals surface area contributed by atoms with Crippen LogP contribution in [0.25, 0.3) is 0 Å². The van der Waals surface area contributed by atoms with Crippen LogP contribution in [0.15, 0.2) is 4.99 Å². The van der Waals surface area contributed by atoms with E-state index in [9.17, 15) is 15.0 Å². The lowest BCUT2D eigenvalue weighted by Crippen LogP contribution is -2.65. The predicted octanol–water partition coefficient (Wildman–Crippen LogP) is 7.01. The van der Waals surface area contributed by atoms with Crippen LogP contribution in [-0.2, 0) is 19.0 Å². The van der Waals surface area contributed by atoms with E-state index in [0.29, 0.717) is 24.5 Å². The summed E-state index contributed by atoms with van der Waals surface area (Å²) in [5.41, 5.74) is -0.491. The number of carbonyl (C=O) groups excluding carboxylic acids is 1. The summed E-state index contributed by atoms with van der Waals surface area (Å²) in [7, 11) is 1.55. The summed E-state index contributed by atoms with van der Waals surface area (Å²) in [5.74, 6) is -0.0833. The monoisotopic (exact) mass is 567 g/mol. The topological polar surface area (TPSA) is 97.6 Å². The minimum Gasteiger partial charge on any atom is -0.461 e. The van der Waals surface area contributed by atoms with E-state index in [2.05, 4.69) is 20.8 Å². The summed E-state index contributed by atoms with van der Waals surface area (Å²) in [6, 6.07) is -1.15. The molecule has 6 atom stereocenters. The zero-order chi connectivity index (χ0) is 29.8. The quantitative estimate of drug-likeness (QED) is 0.0880. The van der Waals surface area contributed by atoms with Crippen molar-refractivity contribution in [2.24, 2.45) is 22.2 Å². The second-order valence-corrected chi connectivity index (χ2v) is 13.4. The highest BCUT2D eigenvalue weighted by molar-refractivity contribution is 5.96. The van der Waals surface area contributed by atoms with E-state index in [0.717, 1.165) is 25.7 Å². The van der Waals surface area contributed by atoms with Crippen molar-refractivity contribution in [1.29, 1.82) is 0 Å². The Morgan fingerprint density at radius 3 is 2.00 bits per heavy atom. The lowest BCUT2D eigenvalue weighted by atomic mass is 9.44. The number of unbranched alkanes of at least 4 members (excludes halogenated alkanes) is 11. The van der Waals surface area contributed by atoms with Gasteiger partial charge in [0.05, 0.1) is 12.2 Å². The number of aliphatic hydroxyl groups excluding tert-OH is 1. The first-order chi connectivity index (χ1) is 19.0. The molecule has 234 valence electrons. The summed E-state index contributed by atoms with van der Waals surface area (Å²) in [4.78, 5) is 17.9. The molecule has 2 bridgehead atoms. The van der Waals surface area contributed by atoms with Crippen molar-refractivity contribution in [3.63, 3.8) is 0 Å². The number of hydrogen-bond donors (Lipinski definition) is 2. The fourth-order valence-electron chi connectivity index (χ4n) is 6.78. The van der Waals surface area contributed by atoms with E-state index >= 15 is 0 Å². The maximum atomic E-state index is 13.2. The fourth-order valence-corrected chi connectivity index (χ4v) is 6.78. The van der Waals surface area contributed by atoms with Gasteiger partial charge in [-0.25, -0.2) is 4.79 Å². The average Bonchev–Trinajstić information content (AvgIpc) is 2.88. The van der Waals surface area contributed by atoms with Crippen LogP contribution in [0.4, 0.5) is 0 Å². The number of methoxy groups -OCH3 is 1. The Morgan fingerprint density at radius 2 is 1.52 bits per heavy atom. The van der Waals surface area contributed by atoms with Crippen molar-refractivity contribution < 1.29 is 29.2 Å². The number of hydrogen-bond acceptors (Lipinski definition) is 7. The molecule has 7 heteroatoms. The molecule has 0 amide bonds. The van der Waals surface area contributed by atoms with E-state index in [1.54, 1.807) is 27.9 Å². The molecule has 0 saturated heterocycles. The van der Waals surface area contributed by atoms with Gasteiger partial charge in [-0.15, -0.1) is 0 Å². The predicted molar refractivity (Wildman–Crippen MR) is 162 cm³/mol. The van der Waals surface area contributed by atoms with Gasteiger partial charge in [0, 0.05) is 12.8 Å². The van der Waals surface area contributed by atoms with E-state index in [-0.39, 0.29) is 24.2 Å². The molecule has 7 nitrogen and oxygen atoms in total. The number of ether oxygens (including phenoxy) is 3. The van der Waals surface area contributed by atoms with Crippen LogP contribution in [0.1, 0.15) is 138 Å². The highest BCUT2D eigenvalue weighted by Gasteiger charge is 2.62. The largest absolute Gasteiger partial charge is 0.461 e. The van der Waals surface area contributed by atoms with Gasteiger partial charge in [0.1, 0.15) is 18.5 Å². The molecule has 0 heterocycles. The minimum atomic E-state index is -1.19. The van der Waals surface area contributed by atoms with Gasteiger partial charge in [0.2, 0.25) is 0 Å². The first kappa shape index (κ1) is 35.2. The van der Waals surface area contributed by atoms with Crippen LogP contribution in [0.2, 0.25) is 0 Å². The van der Waals surface area contributed by atoms with Crippen molar-refractivity contribution in [2.45, 2.75) is 168 Å². The number of nitrogens with zero attached hydrogens (tertiary/aromatic N) is 1. The number of rotatable bonds is 21. The first-order valence-corrected chi connectivity index (χ1v) is 16.2. The van der Waals surface area contributed by atoms with Crippen LogP contribution < -0.4 is 0 Å². The molecule has 0 aromatic heterocycles. The normalized spacial score (nSPS) is 26.9. The molecule has 0 aromatic rings. The molecular formula is C33H61NO6. The Hall–Kier alpha value is -1.02. The highest BCUT2D eigenvalue weighted by atomic mass is 16.7. The summed E-state index contributed by atoms with van der Waals surface area (Å²) in [6.45, 7) is 12.0. The van der Waals surface area contributed by atoms with E-state index in [1.807, 2.05) is 0 Å². The SMILES string of the molecule is CCCCCCCCCCCCCC[C@@H](OCOC)[C@@H](O)[C@@H](N=C1C[C@H]2C[C@H](C2(C)C)[C@@]1(C)O)C(=O)OC(C)C. The van der Waals surface area contributed by atoms with E-state index in [4.69, 9.17) is 19.2 Å². The van der Waals surface area contributed by atoms with Crippen LogP contribution in [0, 0.1) is 17.3 Å². The third kappa shape index (κ3) is 10.1. The Labute approximate surface area is 244 Å². The third-order valence-electron chi connectivity index (χ3n) is 9.51. The maximum absolute atomic E-state index is 13.2. The van der Waals surface area contributed by atoms with Gasteiger partial charge in [-0.05, 0) is 57.3 Å². The summed E-state index contributed by atoms with van der Waals surface area (Å²) in [6.07, 6.45) is 15.1. The minimum absolute atomic E-state index is 0.0263. The van der Waals surface area contributed by atoms with Gasteiger partial charge in [-0.2, -0.15) is 0 Å². The zero-order valence-electron chi connectivity index (χ0n) is 26.8. The third-order valence-corrected chi connectivity index (χ3v) is 9.51. The molecule has 40 heavy (non-hydrogen) atoms. The molecule has 3 rings (SSSR count). The zero-order valence-corrected chi connectivity index (χ0v) is 26.8. The second kappa shape index (κ2) is 17.2. The first-order valence-electron chi connectivity index (χ1n) is 16.2. The number of aliphatic imine (C=N–C) groups is 1. The van der Waals surface area contributed by atoms with Crippen LogP contribution in [-0.4, -0.2) is 65.8 Å². The van der Waals surface area contributed by atoms with Gasteiger partial charge < -0.3 is 24.4 Å². The maximum Gasteiger partial charge on any atom is 0.333 e. The van der Waals surface area contributed by atoms with Crippen molar-refractivity contribution in [2.75, 3.05) is 13.9 Å². The molecule has 0 unspecified atom stereocenters. The molecule has 0 spiro atoms. The second-order valence-electron chi connectivity index (χ2n) is 13.4. The Bertz CT molecular complexity index is 764. The number of esters is 1. The number of carbonyl (C=O) groups is 1. The molecule has 2 N–H and O–H groups in total. The number of aliphatic hydroxyl groups is 2. The summed E-state index contributed by atoms with van der Waals surface area (Å²) < 4.78 is 16.5. The van der Waals surface area contributed by atoms with Crippen molar-refractivity contribution in [3.05, 3.63) is 0 Å². The fraction of sp³-hybridized carbons (Fsp3) is 0.939. The summed E-state index contributed by atoms with van der Waals surface area (Å²) in [5, 5.41) is 22.9. The molecule has 3 fully saturated rings. The van der Waals surface area contributed by atoms with Crippen molar-refractivity contribution >= 4 is 11.7 Å². The van der Waals surface area contributed by atoms with Gasteiger partial charge in [0.15, 0.2) is 6.04 Å².